The van der Waals surface area contributed by atoms with Crippen LogP contribution < -0.4 is 0 Å². The number of rotatable bonds is 0. The largest absolute Gasteiger partial charge is 0.453 e. The molecule has 0 radical (unpaired) electrons. The highest BCUT2D eigenvalue weighted by Crippen LogP contribution is 2.56. The first kappa shape index (κ1) is 11.7. The Morgan fingerprint density at radius 1 is 1.27 bits per heavy atom. The average Bonchev–Trinajstić information content (AvgIpc) is 2.74. The quantitative estimate of drug-likeness (QED) is 0.501. The first-order valence-corrected chi connectivity index (χ1v) is 6.63. The van der Waals surface area contributed by atoms with Crippen molar-refractivity contribution in [2.24, 2.45) is 0 Å². The van der Waals surface area contributed by atoms with Crippen molar-refractivity contribution in [2.75, 3.05) is 7.11 Å². The normalized spacial score (nSPS) is 48.5. The molecule has 2 aliphatic rings. The van der Waals surface area contributed by atoms with Crippen molar-refractivity contribution in [1.82, 2.24) is 4.90 Å². The van der Waals surface area contributed by atoms with E-state index in [1.807, 2.05) is 4.90 Å². The molecule has 2 fully saturated rings. The summed E-state index contributed by atoms with van der Waals surface area (Å²) in [5, 5.41) is 0. The predicted octanol–water partition coefficient (Wildman–Crippen LogP) is 2.91. The van der Waals surface area contributed by atoms with Crippen molar-refractivity contribution in [2.45, 2.75) is 47.4 Å². The van der Waals surface area contributed by atoms with E-state index >= 15 is 0 Å². The number of ether oxygens (including phenoxy) is 1. The van der Waals surface area contributed by atoms with Gasteiger partial charge in [-0.1, -0.05) is 31.9 Å². The number of nitrogens with zero attached hydrogens (tertiary/aromatic N) is 1. The van der Waals surface area contributed by atoms with Crippen LogP contribution in [0, 0.1) is 0 Å². The van der Waals surface area contributed by atoms with Gasteiger partial charge < -0.3 is 4.74 Å². The topological polar surface area (TPSA) is 29.3 Å². The molecule has 3 nitrogen and oxygen atoms in total. The number of fused-ring (bicyclic) bond motifs is 1. The van der Waals surface area contributed by atoms with Crippen molar-refractivity contribution in [3.8, 4) is 0 Å². The molecule has 0 spiro atoms. The molecule has 2 rings (SSSR count). The molecule has 1 aliphatic heterocycles. The van der Waals surface area contributed by atoms with Crippen molar-refractivity contribution in [1.29, 1.82) is 0 Å². The highest BCUT2D eigenvalue weighted by Gasteiger charge is 2.63. The summed E-state index contributed by atoms with van der Waals surface area (Å²) in [6.45, 7) is 4.34. The van der Waals surface area contributed by atoms with E-state index in [-0.39, 0.29) is 14.7 Å². The fourth-order valence-electron chi connectivity index (χ4n) is 2.39. The molecular weight excluding hydrogens is 326 g/mol. The summed E-state index contributed by atoms with van der Waals surface area (Å²) in [7, 11) is 1.44. The van der Waals surface area contributed by atoms with Crippen LogP contribution in [0.15, 0.2) is 0 Å². The third-order valence-corrected chi connectivity index (χ3v) is 6.66. The summed E-state index contributed by atoms with van der Waals surface area (Å²) in [6, 6.07) is 0.708. The fourth-order valence-corrected chi connectivity index (χ4v) is 3.38. The molecule has 1 saturated carbocycles. The number of carbonyl (C=O) groups excluding carboxylic acids is 1. The van der Waals surface area contributed by atoms with E-state index in [4.69, 9.17) is 4.74 Å². The zero-order valence-electron chi connectivity index (χ0n) is 9.09. The Balaban J connectivity index is 2.12. The summed E-state index contributed by atoms with van der Waals surface area (Å²) in [6.07, 6.45) is 1.74. The monoisotopic (exact) mass is 339 g/mol. The number of likely N-dealkylation sites (tertiary alicyclic amines) is 1. The van der Waals surface area contributed by atoms with E-state index in [0.29, 0.717) is 12.1 Å². The van der Waals surface area contributed by atoms with E-state index < -0.39 is 0 Å². The van der Waals surface area contributed by atoms with E-state index in [0.717, 1.165) is 12.8 Å². The van der Waals surface area contributed by atoms with Gasteiger partial charge in [-0.3, -0.25) is 4.90 Å². The van der Waals surface area contributed by atoms with Gasteiger partial charge in [0.25, 0.3) is 0 Å². The molecular formula is C10H15Br2NO2. The molecule has 0 unspecified atom stereocenters. The van der Waals surface area contributed by atoms with Gasteiger partial charge in [-0.2, -0.15) is 0 Å². The van der Waals surface area contributed by atoms with Gasteiger partial charge in [0.2, 0.25) is 0 Å². The Hall–Kier alpha value is 0.230. The van der Waals surface area contributed by atoms with Gasteiger partial charge in [-0.15, -0.1) is 0 Å². The maximum absolute atomic E-state index is 11.4. The molecule has 0 aromatic rings. The van der Waals surface area contributed by atoms with Crippen molar-refractivity contribution in [3.05, 3.63) is 0 Å². The van der Waals surface area contributed by atoms with Crippen LogP contribution in [0.25, 0.3) is 0 Å². The lowest BCUT2D eigenvalue weighted by Crippen LogP contribution is -2.45. The van der Waals surface area contributed by atoms with Crippen molar-refractivity contribution >= 4 is 38.0 Å². The zero-order valence-corrected chi connectivity index (χ0v) is 12.3. The predicted molar refractivity (Wildman–Crippen MR) is 65.7 cm³/mol. The Kier molecular flexibility index (Phi) is 2.62. The number of methoxy groups -OCH3 is 1. The van der Waals surface area contributed by atoms with E-state index in [1.54, 1.807) is 0 Å². The van der Waals surface area contributed by atoms with Crippen LogP contribution in [-0.4, -0.2) is 38.8 Å². The molecule has 4 atom stereocenters. The molecule has 5 heteroatoms. The average molecular weight is 341 g/mol. The fraction of sp³-hybridized carbons (Fsp3) is 0.900. The highest BCUT2D eigenvalue weighted by atomic mass is 79.9. The minimum atomic E-state index is -0.196. The molecule has 0 aromatic heterocycles. The number of hydrogen-bond donors (Lipinski definition) is 0. The Morgan fingerprint density at radius 2 is 1.67 bits per heavy atom. The SMILES string of the molecule is COC(=O)N1[C@@H]2C[C@](C)(Br)[C@@](C)(Br)C[C@@H]21. The summed E-state index contributed by atoms with van der Waals surface area (Å²) in [5.74, 6) is 0. The van der Waals surface area contributed by atoms with Crippen LogP contribution >= 0.6 is 31.9 Å². The minimum absolute atomic E-state index is 0.0317. The summed E-state index contributed by atoms with van der Waals surface area (Å²) < 4.78 is 4.82. The summed E-state index contributed by atoms with van der Waals surface area (Å²) in [4.78, 5) is 13.3. The van der Waals surface area contributed by atoms with Gasteiger partial charge in [-0.25, -0.2) is 4.79 Å². The number of hydrogen-bond acceptors (Lipinski definition) is 2. The molecule has 0 N–H and O–H groups in total. The molecule has 86 valence electrons. The lowest BCUT2D eigenvalue weighted by molar-refractivity contribution is 0.150. The highest BCUT2D eigenvalue weighted by molar-refractivity contribution is 9.13. The smallest absolute Gasteiger partial charge is 0.410 e. The molecule has 1 amide bonds. The van der Waals surface area contributed by atoms with Crippen LogP contribution in [0.2, 0.25) is 0 Å². The maximum atomic E-state index is 11.4. The van der Waals surface area contributed by atoms with Gasteiger partial charge in [0, 0.05) is 8.65 Å². The molecule has 1 aliphatic carbocycles. The van der Waals surface area contributed by atoms with E-state index in [1.165, 1.54) is 7.11 Å². The molecule has 1 heterocycles. The third-order valence-electron chi connectivity index (χ3n) is 3.73. The van der Waals surface area contributed by atoms with Crippen LogP contribution in [0.5, 0.6) is 0 Å². The second-order valence-corrected chi connectivity index (χ2v) is 8.32. The van der Waals surface area contributed by atoms with E-state index in [2.05, 4.69) is 45.7 Å². The Bertz CT molecular complexity index is 282. The van der Waals surface area contributed by atoms with Gasteiger partial charge in [0.05, 0.1) is 19.2 Å². The zero-order chi connectivity index (χ0) is 11.4. The second-order valence-electron chi connectivity index (χ2n) is 4.82. The van der Waals surface area contributed by atoms with Crippen LogP contribution in [0.3, 0.4) is 0 Å². The lowest BCUT2D eigenvalue weighted by atomic mass is 9.81. The van der Waals surface area contributed by atoms with Gasteiger partial charge in [-0.05, 0) is 26.7 Å². The van der Waals surface area contributed by atoms with Crippen LogP contribution in [-0.2, 0) is 4.74 Å². The Morgan fingerprint density at radius 3 is 2.00 bits per heavy atom. The summed E-state index contributed by atoms with van der Waals surface area (Å²) >= 11 is 7.51. The number of halogens is 2. The molecule has 0 bridgehead atoms. The van der Waals surface area contributed by atoms with Crippen molar-refractivity contribution in [3.63, 3.8) is 0 Å². The minimum Gasteiger partial charge on any atom is -0.453 e. The third kappa shape index (κ3) is 1.71. The lowest BCUT2D eigenvalue weighted by Gasteiger charge is -2.40. The van der Waals surface area contributed by atoms with Gasteiger partial charge in [0.1, 0.15) is 0 Å². The second kappa shape index (κ2) is 3.36. The maximum Gasteiger partial charge on any atom is 0.410 e. The van der Waals surface area contributed by atoms with E-state index in [9.17, 15) is 4.79 Å². The van der Waals surface area contributed by atoms with Crippen molar-refractivity contribution < 1.29 is 9.53 Å². The van der Waals surface area contributed by atoms with Gasteiger partial charge >= 0.3 is 6.09 Å². The Labute approximate surface area is 107 Å². The molecule has 15 heavy (non-hydrogen) atoms. The summed E-state index contributed by atoms with van der Waals surface area (Å²) in [5.41, 5.74) is 0. The number of amides is 1. The first-order valence-electron chi connectivity index (χ1n) is 5.04. The number of carbonyl (C=O) groups is 1. The van der Waals surface area contributed by atoms with Crippen LogP contribution in [0.1, 0.15) is 26.7 Å². The molecule has 1 saturated heterocycles. The first-order chi connectivity index (χ1) is 6.80. The molecule has 0 aromatic carbocycles. The van der Waals surface area contributed by atoms with Gasteiger partial charge in [0.15, 0.2) is 0 Å². The number of alkyl halides is 2. The standard InChI is InChI=1S/C10H15Br2NO2/c1-9(11)4-6-7(5-10(9,2)12)13(6)8(14)15-3/h6-7H,4-5H2,1-3H3/t6-,7+,9-,10-,13?/m0/s1. The van der Waals surface area contributed by atoms with Crippen LogP contribution in [0.4, 0.5) is 4.79 Å².